The predicted octanol–water partition coefficient (Wildman–Crippen LogP) is 2.59. The standard InChI is InChI=1S/C18H32N2O2/c1-6-17(12-19-13-17)11-16(21)20(5)14-10-15(22-9-4)18(14,7-2)8-3/h6,14-15,19H,1,7-13H2,2-5H3. The zero-order valence-electron chi connectivity index (χ0n) is 14.7. The van der Waals surface area contributed by atoms with E-state index in [1.807, 2.05) is 18.0 Å². The summed E-state index contributed by atoms with van der Waals surface area (Å²) in [4.78, 5) is 14.7. The predicted molar refractivity (Wildman–Crippen MR) is 89.7 cm³/mol. The monoisotopic (exact) mass is 308 g/mol. The Balaban J connectivity index is 2.03. The first kappa shape index (κ1) is 17.5. The van der Waals surface area contributed by atoms with Gasteiger partial charge in [-0.15, -0.1) is 6.58 Å². The Morgan fingerprint density at radius 1 is 1.36 bits per heavy atom. The molecule has 4 nitrogen and oxygen atoms in total. The zero-order valence-corrected chi connectivity index (χ0v) is 14.7. The van der Waals surface area contributed by atoms with Crippen molar-refractivity contribution in [1.29, 1.82) is 0 Å². The highest BCUT2D eigenvalue weighted by molar-refractivity contribution is 5.78. The first-order valence-corrected chi connectivity index (χ1v) is 8.70. The Hall–Kier alpha value is -0.870. The van der Waals surface area contributed by atoms with Crippen molar-refractivity contribution in [3.05, 3.63) is 12.7 Å². The van der Waals surface area contributed by atoms with Crippen molar-refractivity contribution < 1.29 is 9.53 Å². The molecule has 0 radical (unpaired) electrons. The van der Waals surface area contributed by atoms with Crippen LogP contribution in [0.3, 0.4) is 0 Å². The van der Waals surface area contributed by atoms with E-state index in [0.717, 1.165) is 39.0 Å². The van der Waals surface area contributed by atoms with Crippen LogP contribution in [-0.2, 0) is 9.53 Å². The summed E-state index contributed by atoms with van der Waals surface area (Å²) in [5.41, 5.74) is 0.0924. The molecule has 0 aromatic heterocycles. The molecule has 1 saturated carbocycles. The van der Waals surface area contributed by atoms with Crippen molar-refractivity contribution in [3.63, 3.8) is 0 Å². The number of ether oxygens (including phenoxy) is 1. The Labute approximate surface area is 135 Å². The molecule has 2 aliphatic rings. The molecule has 126 valence electrons. The minimum absolute atomic E-state index is 0.0322. The molecule has 1 aliphatic heterocycles. The minimum Gasteiger partial charge on any atom is -0.378 e. The number of amides is 1. The summed E-state index contributed by atoms with van der Waals surface area (Å²) in [5, 5.41) is 3.25. The van der Waals surface area contributed by atoms with Crippen molar-refractivity contribution in [2.75, 3.05) is 26.7 Å². The largest absolute Gasteiger partial charge is 0.378 e. The van der Waals surface area contributed by atoms with Crippen LogP contribution < -0.4 is 5.32 Å². The van der Waals surface area contributed by atoms with E-state index in [2.05, 4.69) is 32.7 Å². The fourth-order valence-electron chi connectivity index (χ4n) is 4.27. The lowest BCUT2D eigenvalue weighted by Gasteiger charge is -2.58. The molecule has 1 heterocycles. The van der Waals surface area contributed by atoms with E-state index >= 15 is 0 Å². The van der Waals surface area contributed by atoms with E-state index in [1.165, 1.54) is 0 Å². The van der Waals surface area contributed by atoms with Crippen LogP contribution in [0.2, 0.25) is 0 Å². The van der Waals surface area contributed by atoms with Crippen molar-refractivity contribution in [2.24, 2.45) is 10.8 Å². The molecule has 4 heteroatoms. The van der Waals surface area contributed by atoms with Crippen molar-refractivity contribution in [1.82, 2.24) is 10.2 Å². The second kappa shape index (κ2) is 6.71. The molecule has 0 aromatic carbocycles. The van der Waals surface area contributed by atoms with Gasteiger partial charge in [0, 0.05) is 50.0 Å². The van der Waals surface area contributed by atoms with Gasteiger partial charge in [0.25, 0.3) is 0 Å². The van der Waals surface area contributed by atoms with Gasteiger partial charge in [-0.05, 0) is 26.2 Å². The number of rotatable bonds is 8. The smallest absolute Gasteiger partial charge is 0.223 e. The number of nitrogens with one attached hydrogen (secondary N) is 1. The van der Waals surface area contributed by atoms with Gasteiger partial charge in [0.15, 0.2) is 0 Å². The van der Waals surface area contributed by atoms with Crippen LogP contribution in [0.15, 0.2) is 12.7 Å². The van der Waals surface area contributed by atoms with E-state index < -0.39 is 0 Å². The van der Waals surface area contributed by atoms with Gasteiger partial charge in [0.2, 0.25) is 5.91 Å². The second-order valence-corrected chi connectivity index (χ2v) is 6.99. The summed E-state index contributed by atoms with van der Waals surface area (Å²) in [6.45, 7) is 12.9. The number of carbonyl (C=O) groups excluding carboxylic acids is 1. The number of carbonyl (C=O) groups is 1. The van der Waals surface area contributed by atoms with Crippen LogP contribution in [0.25, 0.3) is 0 Å². The Bertz CT molecular complexity index is 413. The van der Waals surface area contributed by atoms with Gasteiger partial charge in [0.1, 0.15) is 0 Å². The highest BCUT2D eigenvalue weighted by Crippen LogP contribution is 2.51. The lowest BCUT2D eigenvalue weighted by Crippen LogP contribution is -2.65. The van der Waals surface area contributed by atoms with E-state index in [9.17, 15) is 4.79 Å². The molecule has 2 fully saturated rings. The van der Waals surface area contributed by atoms with Gasteiger partial charge in [-0.25, -0.2) is 0 Å². The Morgan fingerprint density at radius 2 is 2.00 bits per heavy atom. The Morgan fingerprint density at radius 3 is 2.41 bits per heavy atom. The molecule has 1 saturated heterocycles. The van der Waals surface area contributed by atoms with Crippen molar-refractivity contribution in [2.45, 2.75) is 58.6 Å². The molecular weight excluding hydrogens is 276 g/mol. The van der Waals surface area contributed by atoms with Crippen LogP contribution in [0.1, 0.15) is 46.5 Å². The number of nitrogens with zero attached hydrogens (tertiary/aromatic N) is 1. The van der Waals surface area contributed by atoms with Gasteiger partial charge < -0.3 is 15.0 Å². The summed E-state index contributed by atoms with van der Waals surface area (Å²) in [7, 11) is 1.97. The molecule has 0 bridgehead atoms. The maximum atomic E-state index is 12.7. The second-order valence-electron chi connectivity index (χ2n) is 6.99. The molecule has 2 atom stereocenters. The number of hydrogen-bond donors (Lipinski definition) is 1. The van der Waals surface area contributed by atoms with Gasteiger partial charge >= 0.3 is 0 Å². The zero-order chi connectivity index (χ0) is 16.4. The summed E-state index contributed by atoms with van der Waals surface area (Å²) in [5.74, 6) is 0.243. The average Bonchev–Trinajstić information content (AvgIpc) is 2.47. The third-order valence-corrected chi connectivity index (χ3v) is 6.18. The molecule has 1 aliphatic carbocycles. The molecule has 2 rings (SSSR count). The topological polar surface area (TPSA) is 41.6 Å². The fourth-order valence-corrected chi connectivity index (χ4v) is 4.27. The molecule has 2 unspecified atom stereocenters. The van der Waals surface area contributed by atoms with Gasteiger partial charge in [-0.3, -0.25) is 4.79 Å². The minimum atomic E-state index is -0.0322. The first-order valence-electron chi connectivity index (χ1n) is 8.70. The maximum Gasteiger partial charge on any atom is 0.223 e. The highest BCUT2D eigenvalue weighted by atomic mass is 16.5. The quantitative estimate of drug-likeness (QED) is 0.701. The lowest BCUT2D eigenvalue weighted by molar-refractivity contribution is -0.178. The van der Waals surface area contributed by atoms with Crippen LogP contribution in [0, 0.1) is 10.8 Å². The summed E-state index contributed by atoms with van der Waals surface area (Å²) < 4.78 is 5.93. The van der Waals surface area contributed by atoms with Gasteiger partial charge in [-0.1, -0.05) is 19.9 Å². The molecule has 0 spiro atoms. The molecule has 1 amide bonds. The van der Waals surface area contributed by atoms with Gasteiger partial charge in [-0.2, -0.15) is 0 Å². The third-order valence-electron chi connectivity index (χ3n) is 6.18. The first-order chi connectivity index (χ1) is 10.5. The molecule has 1 N–H and O–H groups in total. The fraction of sp³-hybridized carbons (Fsp3) is 0.833. The third kappa shape index (κ3) is 2.71. The van der Waals surface area contributed by atoms with Crippen LogP contribution in [0.4, 0.5) is 0 Å². The van der Waals surface area contributed by atoms with Gasteiger partial charge in [0.05, 0.1) is 6.10 Å². The van der Waals surface area contributed by atoms with E-state index in [1.54, 1.807) is 0 Å². The molecule has 0 aromatic rings. The number of hydrogen-bond acceptors (Lipinski definition) is 3. The normalized spacial score (nSPS) is 28.4. The van der Waals surface area contributed by atoms with Crippen LogP contribution >= 0.6 is 0 Å². The highest BCUT2D eigenvalue weighted by Gasteiger charge is 2.56. The summed E-state index contributed by atoms with van der Waals surface area (Å²) >= 11 is 0. The maximum absolute atomic E-state index is 12.7. The summed E-state index contributed by atoms with van der Waals surface area (Å²) in [6.07, 6.45) is 5.91. The van der Waals surface area contributed by atoms with E-state index in [4.69, 9.17) is 4.74 Å². The van der Waals surface area contributed by atoms with Crippen molar-refractivity contribution in [3.8, 4) is 0 Å². The van der Waals surface area contributed by atoms with E-state index in [0.29, 0.717) is 18.6 Å². The van der Waals surface area contributed by atoms with Crippen LogP contribution in [0.5, 0.6) is 0 Å². The van der Waals surface area contributed by atoms with Crippen molar-refractivity contribution >= 4 is 5.91 Å². The molecule has 22 heavy (non-hydrogen) atoms. The van der Waals surface area contributed by atoms with Crippen LogP contribution in [-0.4, -0.2) is 49.7 Å². The molecular formula is C18H32N2O2. The Kier molecular flexibility index (Phi) is 5.33. The van der Waals surface area contributed by atoms with E-state index in [-0.39, 0.29) is 16.7 Å². The lowest BCUT2D eigenvalue weighted by atomic mass is 9.58. The summed E-state index contributed by atoms with van der Waals surface area (Å²) in [6, 6.07) is 0.307. The SMILES string of the molecule is C=CC1(CC(=O)N(C)C2CC(OCC)C2(CC)CC)CNC1. The average molecular weight is 308 g/mol.